The minimum absolute atomic E-state index is 0.106. The molecule has 0 saturated heterocycles. The molecule has 0 aromatic carbocycles. The van der Waals surface area contributed by atoms with E-state index in [0.717, 1.165) is 12.5 Å². The highest BCUT2D eigenvalue weighted by atomic mass is 16.6. The van der Waals surface area contributed by atoms with Gasteiger partial charge in [0.15, 0.2) is 6.10 Å². The van der Waals surface area contributed by atoms with Gasteiger partial charge in [-0.1, -0.05) is 45.1 Å². The molecule has 0 aromatic rings. The summed E-state index contributed by atoms with van der Waals surface area (Å²) >= 11 is 0. The van der Waals surface area contributed by atoms with Crippen molar-refractivity contribution < 1.29 is 38.5 Å². The Labute approximate surface area is 247 Å². The Bertz CT molecular complexity index is 1180. The first-order chi connectivity index (χ1) is 19.8. The molecule has 2 aliphatic rings. The van der Waals surface area contributed by atoms with Gasteiger partial charge in [0.2, 0.25) is 11.6 Å². The largest absolute Gasteiger partial charge is 0.439 e. The number of aliphatic hydroxyl groups is 1. The third kappa shape index (κ3) is 9.23. The van der Waals surface area contributed by atoms with Crippen molar-refractivity contribution in [3.63, 3.8) is 0 Å². The molecule has 2 amide bonds. The van der Waals surface area contributed by atoms with E-state index >= 15 is 0 Å². The van der Waals surface area contributed by atoms with Gasteiger partial charge >= 0.3 is 6.09 Å². The number of allylic oxidation sites excluding steroid dienone is 4. The fourth-order valence-corrected chi connectivity index (χ4v) is 5.03. The van der Waals surface area contributed by atoms with E-state index in [4.69, 9.17) is 19.9 Å². The molecule has 2 rings (SSSR count). The lowest BCUT2D eigenvalue weighted by molar-refractivity contribution is -0.120. The lowest BCUT2D eigenvalue weighted by Gasteiger charge is -2.30. The molecule has 0 fully saturated rings. The minimum atomic E-state index is -0.995. The number of hydrogen-bond donors (Lipinski definition) is 4. The highest BCUT2D eigenvalue weighted by Gasteiger charge is 2.33. The summed E-state index contributed by atoms with van der Waals surface area (Å²) in [5, 5.41) is 16.9. The molecule has 0 radical (unpaired) electrons. The van der Waals surface area contributed by atoms with Crippen LogP contribution in [0.4, 0.5) is 4.79 Å². The molecule has 1 aliphatic carbocycles. The van der Waals surface area contributed by atoms with Gasteiger partial charge in [-0.25, -0.2) is 4.79 Å². The van der Waals surface area contributed by atoms with Crippen molar-refractivity contribution in [2.75, 3.05) is 20.8 Å². The molecular weight excluding hydrogens is 542 g/mol. The lowest BCUT2D eigenvalue weighted by atomic mass is 9.85. The standard InChI is InChI=1S/C31H45N3O8/c1-8-12-33-26-21-13-17(2)14-25(41-7)27(36)19(4)15-20(5)29(42-31(32)39)24(40-6)11-9-10-18(3)30(38)34-22(28(21)37)16-23(26)35/h9-11,15-17,19,24-25,27,29,33,36H,8,12-14H2,1-7H3,(H2,32,39)(H,34,38)/b11-9-,18-10+,20-15+/t17?,19-,24?,25?,27+,29?/m1/s1. The van der Waals surface area contributed by atoms with Crippen LogP contribution in [0.15, 0.2) is 58.5 Å². The summed E-state index contributed by atoms with van der Waals surface area (Å²) in [7, 11) is 2.94. The summed E-state index contributed by atoms with van der Waals surface area (Å²) in [6.07, 6.45) is 4.69. The predicted octanol–water partition coefficient (Wildman–Crippen LogP) is 2.76. The summed E-state index contributed by atoms with van der Waals surface area (Å²) in [6.45, 7) is 9.47. The van der Waals surface area contributed by atoms with Crippen LogP contribution in [-0.2, 0) is 28.6 Å². The number of aliphatic hydroxyl groups excluding tert-OH is 1. The van der Waals surface area contributed by atoms with Gasteiger partial charge in [-0.05, 0) is 44.6 Å². The number of carbonyl (C=O) groups excluding carboxylic acids is 4. The van der Waals surface area contributed by atoms with Gasteiger partial charge in [0.25, 0.3) is 5.91 Å². The van der Waals surface area contributed by atoms with Crippen LogP contribution in [0.5, 0.6) is 0 Å². The van der Waals surface area contributed by atoms with Gasteiger partial charge in [0.05, 0.1) is 23.6 Å². The Hall–Kier alpha value is -3.54. The second-order valence-corrected chi connectivity index (χ2v) is 10.9. The van der Waals surface area contributed by atoms with Crippen LogP contribution in [0.3, 0.4) is 0 Å². The van der Waals surface area contributed by atoms with Gasteiger partial charge in [-0.2, -0.15) is 0 Å². The Morgan fingerprint density at radius 2 is 1.86 bits per heavy atom. The number of ether oxygens (including phenoxy) is 3. The maximum atomic E-state index is 13.6. The second kappa shape index (κ2) is 16.2. The molecule has 2 bridgehead atoms. The molecule has 4 unspecified atom stereocenters. The molecule has 0 spiro atoms. The van der Waals surface area contributed by atoms with E-state index < -0.39 is 53.9 Å². The molecule has 1 aliphatic heterocycles. The van der Waals surface area contributed by atoms with Gasteiger partial charge < -0.3 is 35.7 Å². The zero-order valence-corrected chi connectivity index (χ0v) is 25.6. The molecule has 11 heteroatoms. The number of nitrogens with two attached hydrogens (primary N) is 1. The first kappa shape index (κ1) is 34.7. The number of ketones is 2. The van der Waals surface area contributed by atoms with Gasteiger partial charge in [-0.15, -0.1) is 0 Å². The average molecular weight is 588 g/mol. The number of primary amides is 1. The van der Waals surface area contributed by atoms with Crippen molar-refractivity contribution in [1.82, 2.24) is 10.6 Å². The topological polar surface area (TPSA) is 166 Å². The summed E-state index contributed by atoms with van der Waals surface area (Å²) in [4.78, 5) is 51.4. The molecule has 5 N–H and O–H groups in total. The number of Topliss-reactive ketones (excluding diaryl/α,β-unsaturated/α-hetero) is 1. The first-order valence-electron chi connectivity index (χ1n) is 14.2. The Morgan fingerprint density at radius 1 is 1.17 bits per heavy atom. The number of carbonyl (C=O) groups is 4. The fourth-order valence-electron chi connectivity index (χ4n) is 5.03. The monoisotopic (exact) mass is 587 g/mol. The number of rotatable bonds is 6. The van der Waals surface area contributed by atoms with E-state index in [1.165, 1.54) is 20.3 Å². The highest BCUT2D eigenvalue weighted by molar-refractivity contribution is 6.23. The van der Waals surface area contributed by atoms with Crippen molar-refractivity contribution >= 4 is 23.6 Å². The smallest absolute Gasteiger partial charge is 0.405 e. The van der Waals surface area contributed by atoms with Gasteiger partial charge in [0.1, 0.15) is 6.10 Å². The van der Waals surface area contributed by atoms with Gasteiger partial charge in [0, 0.05) is 43.9 Å². The zero-order chi connectivity index (χ0) is 31.6. The molecule has 42 heavy (non-hydrogen) atoms. The van der Waals surface area contributed by atoms with E-state index in [1.54, 1.807) is 32.1 Å². The summed E-state index contributed by atoms with van der Waals surface area (Å²) < 4.78 is 16.6. The SMILES string of the molecule is CCCNC1=C2CC(C)CC(OC)[C@@H](O)[C@H](C)/C=C(\C)C(OC(N)=O)C(OC)/C=C\C=C(/C)C(=O)NC(=CC1=O)C2=O. The Balaban J connectivity index is 2.61. The maximum Gasteiger partial charge on any atom is 0.405 e. The van der Waals surface area contributed by atoms with E-state index in [1.807, 2.05) is 20.8 Å². The van der Waals surface area contributed by atoms with E-state index in [2.05, 4.69) is 10.6 Å². The zero-order valence-electron chi connectivity index (χ0n) is 25.6. The van der Waals surface area contributed by atoms with Crippen molar-refractivity contribution in [1.29, 1.82) is 0 Å². The normalized spacial score (nSPS) is 31.7. The highest BCUT2D eigenvalue weighted by Crippen LogP contribution is 2.28. The number of amides is 2. The van der Waals surface area contributed by atoms with Crippen LogP contribution in [0.2, 0.25) is 0 Å². The minimum Gasteiger partial charge on any atom is -0.439 e. The Kier molecular flexibility index (Phi) is 13.4. The maximum absolute atomic E-state index is 13.6. The molecule has 232 valence electrons. The lowest BCUT2D eigenvalue weighted by Crippen LogP contribution is -2.38. The summed E-state index contributed by atoms with van der Waals surface area (Å²) in [6, 6.07) is 0. The summed E-state index contributed by atoms with van der Waals surface area (Å²) in [5.74, 6) is -2.01. The molecule has 0 saturated carbocycles. The van der Waals surface area contributed by atoms with Crippen LogP contribution < -0.4 is 16.4 Å². The quantitative estimate of drug-likeness (QED) is 0.270. The predicted molar refractivity (Wildman–Crippen MR) is 158 cm³/mol. The second-order valence-electron chi connectivity index (χ2n) is 10.9. The van der Waals surface area contributed by atoms with E-state index in [0.29, 0.717) is 18.5 Å². The Morgan fingerprint density at radius 3 is 2.45 bits per heavy atom. The average Bonchev–Trinajstić information content (AvgIpc) is 2.94. The number of hydrogen-bond acceptors (Lipinski definition) is 9. The first-order valence-corrected chi connectivity index (χ1v) is 14.2. The van der Waals surface area contributed by atoms with Crippen molar-refractivity contribution in [3.8, 4) is 0 Å². The molecule has 0 aromatic heterocycles. The molecule has 1 heterocycles. The fraction of sp³-hybridized carbons (Fsp3) is 0.548. The third-order valence-electron chi connectivity index (χ3n) is 7.35. The van der Waals surface area contributed by atoms with E-state index in [9.17, 15) is 24.3 Å². The molecule has 11 nitrogen and oxygen atoms in total. The van der Waals surface area contributed by atoms with Crippen LogP contribution in [0.1, 0.15) is 53.9 Å². The number of nitrogens with one attached hydrogen (secondary N) is 2. The molecular formula is C31H45N3O8. The van der Waals surface area contributed by atoms with Crippen LogP contribution >= 0.6 is 0 Å². The number of fused-ring (bicyclic) bond motifs is 2. The van der Waals surface area contributed by atoms with Crippen LogP contribution in [0, 0.1) is 11.8 Å². The number of methoxy groups -OCH3 is 2. The van der Waals surface area contributed by atoms with E-state index in [-0.39, 0.29) is 34.9 Å². The van der Waals surface area contributed by atoms with Crippen LogP contribution in [-0.4, -0.2) is 73.9 Å². The van der Waals surface area contributed by atoms with Crippen LogP contribution in [0.25, 0.3) is 0 Å². The molecule has 6 atom stereocenters. The van der Waals surface area contributed by atoms with Crippen molar-refractivity contribution in [2.45, 2.75) is 78.3 Å². The van der Waals surface area contributed by atoms with Crippen molar-refractivity contribution in [3.05, 3.63) is 58.5 Å². The third-order valence-corrected chi connectivity index (χ3v) is 7.35. The summed E-state index contributed by atoms with van der Waals surface area (Å²) in [5.41, 5.74) is 6.59. The van der Waals surface area contributed by atoms with Gasteiger partial charge in [-0.3, -0.25) is 14.4 Å². The van der Waals surface area contributed by atoms with Crippen molar-refractivity contribution in [2.24, 2.45) is 17.6 Å².